The van der Waals surface area contributed by atoms with E-state index in [9.17, 15) is 14.4 Å². The number of carbonyl (C=O) groups is 3. The fraction of sp³-hybridized carbons (Fsp3) is 0.286. The van der Waals surface area contributed by atoms with Crippen LogP contribution in [0.15, 0.2) is 54.6 Å². The Bertz CT molecular complexity index is 788. The molecule has 0 heterocycles. The Labute approximate surface area is 164 Å². The van der Waals surface area contributed by atoms with Crippen LogP contribution in [0.2, 0.25) is 0 Å². The summed E-state index contributed by atoms with van der Waals surface area (Å²) in [5.74, 6) is -0.315. The average Bonchev–Trinajstić information content (AvgIpc) is 2.70. The number of amides is 3. The van der Waals surface area contributed by atoms with Crippen LogP contribution in [-0.2, 0) is 16.1 Å². The quantitative estimate of drug-likeness (QED) is 0.683. The van der Waals surface area contributed by atoms with E-state index in [1.807, 2.05) is 44.2 Å². The first-order valence-electron chi connectivity index (χ1n) is 8.95. The number of imide groups is 1. The normalized spacial score (nSPS) is 10.2. The van der Waals surface area contributed by atoms with Gasteiger partial charge in [-0.1, -0.05) is 44.2 Å². The third-order valence-electron chi connectivity index (χ3n) is 3.60. The first kappa shape index (κ1) is 21.0. The standard InChI is InChI=1S/C21H24N2O5/c1-15(2)12-22-21(26)23-19(24)14-28-20(25)17-10-8-16(9-11-17)13-27-18-6-4-3-5-7-18/h3-11,15H,12-14H2,1-2H3,(H2,22,23,24,26). The number of rotatable bonds is 8. The summed E-state index contributed by atoms with van der Waals surface area (Å²) < 4.78 is 10.6. The van der Waals surface area contributed by atoms with Gasteiger partial charge >= 0.3 is 12.0 Å². The molecule has 0 aliphatic carbocycles. The van der Waals surface area contributed by atoms with Crippen LogP contribution in [0.3, 0.4) is 0 Å². The minimum atomic E-state index is -0.692. The zero-order valence-electron chi connectivity index (χ0n) is 15.9. The second kappa shape index (κ2) is 10.7. The van der Waals surface area contributed by atoms with Gasteiger partial charge < -0.3 is 14.8 Å². The van der Waals surface area contributed by atoms with E-state index in [1.54, 1.807) is 24.3 Å². The largest absolute Gasteiger partial charge is 0.489 e. The lowest BCUT2D eigenvalue weighted by Crippen LogP contribution is -2.42. The summed E-state index contributed by atoms with van der Waals surface area (Å²) in [4.78, 5) is 35.1. The summed E-state index contributed by atoms with van der Waals surface area (Å²) in [5.41, 5.74) is 1.19. The molecule has 7 nitrogen and oxygen atoms in total. The Balaban J connectivity index is 1.74. The Morgan fingerprint density at radius 2 is 1.64 bits per heavy atom. The number of carbonyl (C=O) groups excluding carboxylic acids is 3. The molecule has 0 radical (unpaired) electrons. The van der Waals surface area contributed by atoms with Crippen LogP contribution in [0, 0.1) is 5.92 Å². The van der Waals surface area contributed by atoms with E-state index in [-0.39, 0.29) is 5.92 Å². The summed E-state index contributed by atoms with van der Waals surface area (Å²) in [7, 11) is 0. The van der Waals surface area contributed by atoms with Gasteiger partial charge in [-0.05, 0) is 35.7 Å². The van der Waals surface area contributed by atoms with Crippen molar-refractivity contribution in [1.29, 1.82) is 0 Å². The number of hydrogen-bond donors (Lipinski definition) is 2. The summed E-state index contributed by atoms with van der Waals surface area (Å²) >= 11 is 0. The van der Waals surface area contributed by atoms with Gasteiger partial charge in [0.05, 0.1) is 5.56 Å². The molecule has 2 aromatic rings. The summed E-state index contributed by atoms with van der Waals surface area (Å²) in [6, 6.07) is 15.5. The van der Waals surface area contributed by atoms with E-state index >= 15 is 0 Å². The lowest BCUT2D eigenvalue weighted by molar-refractivity contribution is -0.123. The van der Waals surface area contributed by atoms with Crippen molar-refractivity contribution in [3.05, 3.63) is 65.7 Å². The molecule has 0 aliphatic rings. The molecule has 28 heavy (non-hydrogen) atoms. The van der Waals surface area contributed by atoms with Crippen molar-refractivity contribution in [2.75, 3.05) is 13.2 Å². The van der Waals surface area contributed by atoms with Gasteiger partial charge in [-0.25, -0.2) is 9.59 Å². The van der Waals surface area contributed by atoms with Crippen LogP contribution in [-0.4, -0.2) is 31.1 Å². The first-order valence-corrected chi connectivity index (χ1v) is 8.95. The average molecular weight is 384 g/mol. The number of hydrogen-bond acceptors (Lipinski definition) is 5. The molecule has 0 aromatic heterocycles. The lowest BCUT2D eigenvalue weighted by atomic mass is 10.1. The summed E-state index contributed by atoms with van der Waals surface area (Å²) in [5, 5.41) is 4.64. The van der Waals surface area contributed by atoms with Gasteiger partial charge in [-0.3, -0.25) is 10.1 Å². The van der Waals surface area contributed by atoms with Crippen molar-refractivity contribution in [2.45, 2.75) is 20.5 Å². The highest BCUT2D eigenvalue weighted by atomic mass is 16.5. The highest BCUT2D eigenvalue weighted by Gasteiger charge is 2.12. The number of nitrogens with one attached hydrogen (secondary N) is 2. The number of urea groups is 1. The van der Waals surface area contributed by atoms with Crippen molar-refractivity contribution < 1.29 is 23.9 Å². The molecule has 0 aliphatic heterocycles. The molecule has 3 amide bonds. The maximum absolute atomic E-state index is 12.0. The second-order valence-corrected chi connectivity index (χ2v) is 6.53. The minimum absolute atomic E-state index is 0.264. The predicted octanol–water partition coefficient (Wildman–Crippen LogP) is 2.90. The minimum Gasteiger partial charge on any atom is -0.489 e. The number of ether oxygens (including phenoxy) is 2. The molecule has 148 valence electrons. The lowest BCUT2D eigenvalue weighted by Gasteiger charge is -2.09. The van der Waals surface area contributed by atoms with Gasteiger partial charge in [0.15, 0.2) is 6.61 Å². The molecule has 0 saturated heterocycles. The van der Waals surface area contributed by atoms with Gasteiger partial charge in [0, 0.05) is 6.54 Å². The molecule has 0 spiro atoms. The van der Waals surface area contributed by atoms with E-state index in [1.165, 1.54) is 0 Å². The van der Waals surface area contributed by atoms with Gasteiger partial charge in [0.1, 0.15) is 12.4 Å². The molecule has 0 unspecified atom stereocenters. The zero-order valence-corrected chi connectivity index (χ0v) is 15.9. The van der Waals surface area contributed by atoms with Crippen molar-refractivity contribution in [2.24, 2.45) is 5.92 Å². The van der Waals surface area contributed by atoms with Crippen molar-refractivity contribution in [3.8, 4) is 5.75 Å². The summed E-state index contributed by atoms with van der Waals surface area (Å²) in [6.45, 7) is 4.14. The maximum atomic E-state index is 12.0. The predicted molar refractivity (Wildman–Crippen MR) is 104 cm³/mol. The van der Waals surface area contributed by atoms with Gasteiger partial charge in [0.25, 0.3) is 5.91 Å². The Morgan fingerprint density at radius 1 is 0.964 bits per heavy atom. The van der Waals surface area contributed by atoms with Gasteiger partial charge in [-0.2, -0.15) is 0 Å². The number of para-hydroxylation sites is 1. The van der Waals surface area contributed by atoms with E-state index < -0.39 is 24.5 Å². The third-order valence-corrected chi connectivity index (χ3v) is 3.60. The van der Waals surface area contributed by atoms with Crippen LogP contribution in [0.1, 0.15) is 29.8 Å². The van der Waals surface area contributed by atoms with E-state index in [0.717, 1.165) is 11.3 Å². The molecule has 2 aromatic carbocycles. The molecule has 2 N–H and O–H groups in total. The third kappa shape index (κ3) is 7.49. The fourth-order valence-electron chi connectivity index (χ4n) is 2.14. The highest BCUT2D eigenvalue weighted by molar-refractivity contribution is 5.97. The fourth-order valence-corrected chi connectivity index (χ4v) is 2.14. The van der Waals surface area contributed by atoms with Crippen molar-refractivity contribution >= 4 is 17.9 Å². The highest BCUT2D eigenvalue weighted by Crippen LogP contribution is 2.12. The van der Waals surface area contributed by atoms with Crippen LogP contribution >= 0.6 is 0 Å². The number of benzene rings is 2. The van der Waals surface area contributed by atoms with E-state index in [0.29, 0.717) is 18.7 Å². The molecule has 2 rings (SSSR count). The van der Waals surface area contributed by atoms with Crippen LogP contribution in [0.5, 0.6) is 5.75 Å². The Kier molecular flexibility index (Phi) is 8.02. The molecule has 0 bridgehead atoms. The SMILES string of the molecule is CC(C)CNC(=O)NC(=O)COC(=O)c1ccc(COc2ccccc2)cc1. The maximum Gasteiger partial charge on any atom is 0.338 e. The Hall–Kier alpha value is -3.35. The molecule has 7 heteroatoms. The molecular formula is C21H24N2O5. The van der Waals surface area contributed by atoms with E-state index in [4.69, 9.17) is 9.47 Å². The number of esters is 1. The zero-order chi connectivity index (χ0) is 20.4. The van der Waals surface area contributed by atoms with Crippen molar-refractivity contribution in [3.63, 3.8) is 0 Å². The van der Waals surface area contributed by atoms with Crippen molar-refractivity contribution in [1.82, 2.24) is 10.6 Å². The summed E-state index contributed by atoms with van der Waals surface area (Å²) in [6.07, 6.45) is 0. The van der Waals surface area contributed by atoms with Crippen LogP contribution in [0.4, 0.5) is 4.79 Å². The second-order valence-electron chi connectivity index (χ2n) is 6.53. The van der Waals surface area contributed by atoms with Crippen LogP contribution in [0.25, 0.3) is 0 Å². The first-order chi connectivity index (χ1) is 13.4. The topological polar surface area (TPSA) is 93.7 Å². The molecule has 0 saturated carbocycles. The van der Waals surface area contributed by atoms with Crippen LogP contribution < -0.4 is 15.4 Å². The van der Waals surface area contributed by atoms with Gasteiger partial charge in [-0.15, -0.1) is 0 Å². The monoisotopic (exact) mass is 384 g/mol. The molecule has 0 fully saturated rings. The van der Waals surface area contributed by atoms with E-state index in [2.05, 4.69) is 10.6 Å². The van der Waals surface area contributed by atoms with Gasteiger partial charge in [0.2, 0.25) is 0 Å². The molecule has 0 atom stereocenters. The molecular weight excluding hydrogens is 360 g/mol. The Morgan fingerprint density at radius 3 is 2.29 bits per heavy atom. The smallest absolute Gasteiger partial charge is 0.338 e.